The normalized spacial score (nSPS) is 16.1. The largest absolute Gasteiger partial charge is 0.413 e. The van der Waals surface area contributed by atoms with Gasteiger partial charge in [-0.3, -0.25) is 24.5 Å². The van der Waals surface area contributed by atoms with E-state index in [9.17, 15) is 19.2 Å². The van der Waals surface area contributed by atoms with Crippen molar-refractivity contribution in [1.29, 1.82) is 0 Å². The summed E-state index contributed by atoms with van der Waals surface area (Å²) in [6, 6.07) is 0. The van der Waals surface area contributed by atoms with Crippen molar-refractivity contribution in [3.05, 3.63) is 0 Å². The van der Waals surface area contributed by atoms with E-state index in [0.717, 1.165) is 25.7 Å². The summed E-state index contributed by atoms with van der Waals surface area (Å²) in [6.07, 6.45) is 4.55. The fourth-order valence-electron chi connectivity index (χ4n) is 2.25. The van der Waals surface area contributed by atoms with Gasteiger partial charge in [-0.15, -0.1) is 0 Å². The Kier molecular flexibility index (Phi) is 7.71. The average molecular weight is 327 g/mol. The van der Waals surface area contributed by atoms with E-state index in [1.807, 2.05) is 19.2 Å². The fraction of sp³-hybridized carbons (Fsp3) is 0.750. The molecule has 1 aliphatic rings. The minimum atomic E-state index is -2.14. The van der Waals surface area contributed by atoms with Gasteiger partial charge in [0.25, 0.3) is 0 Å². The molecule has 1 aliphatic heterocycles. The molecule has 1 fully saturated rings. The Hall–Kier alpha value is -1.92. The van der Waals surface area contributed by atoms with Gasteiger partial charge in [0.1, 0.15) is 6.42 Å². The number of carbonyl (C=O) groups is 4. The van der Waals surface area contributed by atoms with Gasteiger partial charge in [-0.2, -0.15) is 0 Å². The smallest absolute Gasteiger partial charge is 0.345 e. The van der Waals surface area contributed by atoms with Gasteiger partial charge in [-0.05, 0) is 12.8 Å². The van der Waals surface area contributed by atoms with Gasteiger partial charge in [-0.25, -0.2) is 0 Å². The van der Waals surface area contributed by atoms with E-state index in [1.54, 1.807) is 0 Å². The molecule has 0 aromatic carbocycles. The summed E-state index contributed by atoms with van der Waals surface area (Å²) < 4.78 is 10.2. The summed E-state index contributed by atoms with van der Waals surface area (Å²) in [7, 11) is 0. The lowest BCUT2D eigenvalue weighted by Crippen LogP contribution is -2.46. The fourth-order valence-corrected chi connectivity index (χ4v) is 2.25. The van der Waals surface area contributed by atoms with E-state index < -0.39 is 36.0 Å². The molecule has 7 heteroatoms. The highest BCUT2D eigenvalue weighted by molar-refractivity contribution is 6.08. The Morgan fingerprint density at radius 3 is 1.78 bits per heavy atom. The summed E-state index contributed by atoms with van der Waals surface area (Å²) in [5, 5.41) is 2.02. The van der Waals surface area contributed by atoms with E-state index in [4.69, 9.17) is 9.47 Å². The summed E-state index contributed by atoms with van der Waals surface area (Å²) in [4.78, 5) is 47.1. The van der Waals surface area contributed by atoms with Gasteiger partial charge >= 0.3 is 23.6 Å². The van der Waals surface area contributed by atoms with Gasteiger partial charge in [0.05, 0.1) is 0 Å². The maximum Gasteiger partial charge on any atom is 0.345 e. The van der Waals surface area contributed by atoms with Gasteiger partial charge in [0.15, 0.2) is 0 Å². The summed E-state index contributed by atoms with van der Waals surface area (Å²) in [5.41, 5.74) is 0. The number of esters is 2. The molecule has 0 aliphatic carbocycles. The lowest BCUT2D eigenvalue weighted by Gasteiger charge is -2.25. The first-order valence-electron chi connectivity index (χ1n) is 8.21. The first-order valence-corrected chi connectivity index (χ1v) is 8.21. The first kappa shape index (κ1) is 19.1. The number of rotatable bonds is 10. The zero-order valence-corrected chi connectivity index (χ0v) is 13.8. The maximum absolute atomic E-state index is 12.0. The van der Waals surface area contributed by atoms with Crippen molar-refractivity contribution in [2.75, 3.05) is 0 Å². The van der Waals surface area contributed by atoms with Crippen LogP contribution in [0.25, 0.3) is 0 Å². The van der Waals surface area contributed by atoms with Crippen LogP contribution in [-0.2, 0) is 28.7 Å². The Balaban J connectivity index is 2.68. The highest BCUT2D eigenvalue weighted by Crippen LogP contribution is 2.26. The van der Waals surface area contributed by atoms with Crippen LogP contribution in [0.1, 0.15) is 71.6 Å². The van der Waals surface area contributed by atoms with Crippen LogP contribution in [-0.4, -0.2) is 29.5 Å². The van der Waals surface area contributed by atoms with E-state index >= 15 is 0 Å². The third-order valence-electron chi connectivity index (χ3n) is 3.52. The minimum absolute atomic E-state index is 0.116. The number of unbranched alkanes of at least 4 members (excludes halogenated alkanes) is 4. The highest BCUT2D eigenvalue weighted by Gasteiger charge is 2.54. The van der Waals surface area contributed by atoms with Crippen molar-refractivity contribution in [1.82, 2.24) is 5.32 Å². The van der Waals surface area contributed by atoms with Crippen LogP contribution in [0.5, 0.6) is 0 Å². The lowest BCUT2D eigenvalue weighted by molar-refractivity contribution is -0.222. The van der Waals surface area contributed by atoms with Crippen LogP contribution in [0.3, 0.4) is 0 Å². The number of nitrogens with one attached hydrogen (secondary N) is 1. The molecule has 1 saturated heterocycles. The van der Waals surface area contributed by atoms with Crippen molar-refractivity contribution in [3.8, 4) is 0 Å². The molecule has 0 aromatic heterocycles. The maximum atomic E-state index is 12.0. The number of hydrogen-bond acceptors (Lipinski definition) is 6. The van der Waals surface area contributed by atoms with Crippen molar-refractivity contribution >= 4 is 23.8 Å². The summed E-state index contributed by atoms with van der Waals surface area (Å²) >= 11 is 0. The molecule has 0 saturated carbocycles. The van der Waals surface area contributed by atoms with Gasteiger partial charge in [0, 0.05) is 12.8 Å². The summed E-state index contributed by atoms with van der Waals surface area (Å²) in [6.45, 7) is 3.99. The van der Waals surface area contributed by atoms with E-state index in [0.29, 0.717) is 12.8 Å². The standard InChI is InChI=1S/C16H25NO6/c1-3-5-7-9-13(19)22-16(11-12(18)17-15(16)21)23-14(20)10-8-6-4-2/h3-11H2,1-2H3,(H,17,18,21). The molecule has 0 unspecified atom stereocenters. The predicted octanol–water partition coefficient (Wildman–Crippen LogP) is 1.98. The topological polar surface area (TPSA) is 98.8 Å². The monoisotopic (exact) mass is 327 g/mol. The molecular formula is C16H25NO6. The Labute approximate surface area is 136 Å². The Morgan fingerprint density at radius 2 is 1.43 bits per heavy atom. The van der Waals surface area contributed by atoms with E-state index in [2.05, 4.69) is 0 Å². The number of ether oxygens (including phenoxy) is 2. The molecule has 0 atom stereocenters. The zero-order chi connectivity index (χ0) is 17.3. The van der Waals surface area contributed by atoms with E-state index in [-0.39, 0.29) is 12.8 Å². The molecule has 0 aromatic rings. The molecule has 0 spiro atoms. The molecule has 1 rings (SSSR count). The second kappa shape index (κ2) is 9.27. The van der Waals surface area contributed by atoms with Crippen molar-refractivity contribution in [2.45, 2.75) is 77.4 Å². The molecule has 7 nitrogen and oxygen atoms in total. The SMILES string of the molecule is CCCCCC(=O)OC1(OC(=O)CCCCC)CC(=O)NC1=O. The van der Waals surface area contributed by atoms with Crippen LogP contribution >= 0.6 is 0 Å². The highest BCUT2D eigenvalue weighted by atomic mass is 16.7. The molecule has 130 valence electrons. The Bertz CT molecular complexity index is 435. The third kappa shape index (κ3) is 6.00. The number of amides is 2. The van der Waals surface area contributed by atoms with Crippen LogP contribution in [0.2, 0.25) is 0 Å². The average Bonchev–Trinajstić information content (AvgIpc) is 2.73. The number of carbonyl (C=O) groups excluding carboxylic acids is 4. The summed E-state index contributed by atoms with van der Waals surface area (Å²) in [5.74, 6) is -4.95. The molecule has 0 radical (unpaired) electrons. The zero-order valence-electron chi connectivity index (χ0n) is 13.8. The van der Waals surface area contributed by atoms with Gasteiger partial charge in [-0.1, -0.05) is 39.5 Å². The van der Waals surface area contributed by atoms with Crippen LogP contribution < -0.4 is 5.32 Å². The molecular weight excluding hydrogens is 302 g/mol. The van der Waals surface area contributed by atoms with Crippen molar-refractivity contribution in [2.24, 2.45) is 0 Å². The molecule has 23 heavy (non-hydrogen) atoms. The predicted molar refractivity (Wildman–Crippen MR) is 81.0 cm³/mol. The van der Waals surface area contributed by atoms with Crippen molar-refractivity contribution in [3.63, 3.8) is 0 Å². The lowest BCUT2D eigenvalue weighted by atomic mass is 10.2. The second-order valence-electron chi connectivity index (χ2n) is 5.67. The minimum Gasteiger partial charge on any atom is -0.413 e. The van der Waals surface area contributed by atoms with E-state index in [1.165, 1.54) is 0 Å². The molecule has 0 bridgehead atoms. The molecule has 1 N–H and O–H groups in total. The third-order valence-corrected chi connectivity index (χ3v) is 3.52. The Morgan fingerprint density at radius 1 is 0.957 bits per heavy atom. The molecule has 1 heterocycles. The van der Waals surface area contributed by atoms with Crippen LogP contribution in [0.4, 0.5) is 0 Å². The van der Waals surface area contributed by atoms with Crippen molar-refractivity contribution < 1.29 is 28.7 Å². The quantitative estimate of drug-likeness (QED) is 0.285. The van der Waals surface area contributed by atoms with Crippen LogP contribution in [0, 0.1) is 0 Å². The number of imide groups is 1. The molecule has 2 amide bonds. The first-order chi connectivity index (χ1) is 10.9. The second-order valence-corrected chi connectivity index (χ2v) is 5.67. The number of hydrogen-bond donors (Lipinski definition) is 1. The van der Waals surface area contributed by atoms with Gasteiger partial charge in [0.2, 0.25) is 5.91 Å². The van der Waals surface area contributed by atoms with Crippen LogP contribution in [0.15, 0.2) is 0 Å². The van der Waals surface area contributed by atoms with Gasteiger partial charge < -0.3 is 9.47 Å².